The largest absolute Gasteiger partial charge is 0.593 e. The topological polar surface area (TPSA) is 108 Å². The van der Waals surface area contributed by atoms with Crippen molar-refractivity contribution in [2.24, 2.45) is 4.99 Å². The predicted molar refractivity (Wildman–Crippen MR) is 115 cm³/mol. The first kappa shape index (κ1) is 20.4. The molecule has 0 fully saturated rings. The molecule has 2 aromatic carbocycles. The van der Waals surface area contributed by atoms with Crippen molar-refractivity contribution >= 4 is 23.0 Å². The van der Waals surface area contributed by atoms with Gasteiger partial charge in [-0.15, -0.1) is 9.71 Å². The van der Waals surface area contributed by atoms with Crippen molar-refractivity contribution in [3.8, 4) is 17.3 Å². The van der Waals surface area contributed by atoms with Crippen LogP contribution in [-0.4, -0.2) is 28.6 Å². The number of nitriles is 1. The number of nitrogens with zero attached hydrogens (tertiary/aromatic N) is 3. The highest BCUT2D eigenvalue weighted by Gasteiger charge is 2.17. The monoisotopic (exact) mass is 404 g/mol. The highest BCUT2D eigenvalue weighted by molar-refractivity contribution is 7.89. The SMILES string of the molecule is N#C/N=C(\NCCN[S+]([O-])c1ccccc1-c1ccccc1)Nc1ccncc1. The average molecular weight is 404 g/mol. The number of benzene rings is 2. The van der Waals surface area contributed by atoms with Crippen LogP contribution in [0.25, 0.3) is 11.1 Å². The van der Waals surface area contributed by atoms with Gasteiger partial charge in [-0.1, -0.05) is 42.5 Å². The summed E-state index contributed by atoms with van der Waals surface area (Å²) in [4.78, 5) is 8.39. The van der Waals surface area contributed by atoms with E-state index in [4.69, 9.17) is 5.26 Å². The maximum atomic E-state index is 12.8. The molecule has 0 saturated carbocycles. The smallest absolute Gasteiger partial charge is 0.211 e. The molecule has 1 heterocycles. The number of anilines is 1. The molecule has 29 heavy (non-hydrogen) atoms. The Balaban J connectivity index is 1.56. The summed E-state index contributed by atoms with van der Waals surface area (Å²) >= 11 is -1.38. The Labute approximate surface area is 172 Å². The number of aliphatic imine (C=N–C) groups is 1. The molecule has 1 unspecified atom stereocenters. The van der Waals surface area contributed by atoms with Crippen molar-refractivity contribution < 1.29 is 4.55 Å². The number of hydrogen-bond acceptors (Lipinski definition) is 5. The Bertz CT molecular complexity index is 975. The standard InChI is InChI=1S/C21H20N6OS/c22-16-25-21(27-18-10-12-23-13-11-18)24-14-15-26-29(28)20-9-5-4-8-19(20)17-6-2-1-3-7-17/h1-13,26H,14-15H2,(H2,23,24,25,27). The third kappa shape index (κ3) is 6.05. The normalized spacial score (nSPS) is 12.1. The number of pyridine rings is 1. The zero-order valence-electron chi connectivity index (χ0n) is 15.6. The van der Waals surface area contributed by atoms with Crippen LogP contribution in [0.4, 0.5) is 5.69 Å². The lowest BCUT2D eigenvalue weighted by Gasteiger charge is -2.15. The van der Waals surface area contributed by atoms with E-state index in [1.54, 1.807) is 30.7 Å². The minimum atomic E-state index is -1.38. The van der Waals surface area contributed by atoms with E-state index in [0.717, 1.165) is 21.7 Å². The fourth-order valence-electron chi connectivity index (χ4n) is 2.62. The molecule has 0 aliphatic rings. The van der Waals surface area contributed by atoms with Crippen LogP contribution in [0.5, 0.6) is 0 Å². The Morgan fingerprint density at radius 1 is 1.00 bits per heavy atom. The first-order valence-corrected chi connectivity index (χ1v) is 10.1. The van der Waals surface area contributed by atoms with Gasteiger partial charge in [0.2, 0.25) is 12.2 Å². The van der Waals surface area contributed by atoms with Crippen LogP contribution in [0, 0.1) is 11.5 Å². The van der Waals surface area contributed by atoms with Crippen molar-refractivity contribution in [1.29, 1.82) is 5.26 Å². The van der Waals surface area contributed by atoms with E-state index < -0.39 is 11.4 Å². The van der Waals surface area contributed by atoms with Crippen LogP contribution in [0.3, 0.4) is 0 Å². The summed E-state index contributed by atoms with van der Waals surface area (Å²) in [5, 5.41) is 14.9. The number of rotatable bonds is 7. The number of guanidine groups is 1. The van der Waals surface area contributed by atoms with Crippen LogP contribution in [0.15, 0.2) is 89.0 Å². The van der Waals surface area contributed by atoms with Crippen LogP contribution in [0.2, 0.25) is 0 Å². The lowest BCUT2D eigenvalue weighted by molar-refractivity contribution is 0.580. The summed E-state index contributed by atoms with van der Waals surface area (Å²) in [6.07, 6.45) is 5.04. The van der Waals surface area contributed by atoms with Crippen molar-refractivity contribution in [2.45, 2.75) is 4.90 Å². The third-order valence-electron chi connectivity index (χ3n) is 3.93. The van der Waals surface area contributed by atoms with E-state index in [9.17, 15) is 4.55 Å². The summed E-state index contributed by atoms with van der Waals surface area (Å²) in [6.45, 7) is 0.843. The van der Waals surface area contributed by atoms with E-state index >= 15 is 0 Å². The highest BCUT2D eigenvalue weighted by atomic mass is 32.2. The number of nitrogens with one attached hydrogen (secondary N) is 3. The molecule has 0 spiro atoms. The quantitative estimate of drug-likeness (QED) is 0.184. The molecule has 3 rings (SSSR count). The van der Waals surface area contributed by atoms with E-state index in [1.165, 1.54) is 0 Å². The average Bonchev–Trinajstić information content (AvgIpc) is 2.78. The number of aromatic nitrogens is 1. The van der Waals surface area contributed by atoms with Gasteiger partial charge in [-0.25, -0.2) is 0 Å². The van der Waals surface area contributed by atoms with Crippen molar-refractivity contribution in [3.05, 3.63) is 79.1 Å². The molecular weight excluding hydrogens is 384 g/mol. The van der Waals surface area contributed by atoms with Gasteiger partial charge in [0.05, 0.1) is 17.9 Å². The van der Waals surface area contributed by atoms with Crippen LogP contribution >= 0.6 is 0 Å². The first-order chi connectivity index (χ1) is 14.3. The molecule has 0 aliphatic heterocycles. The third-order valence-corrected chi connectivity index (χ3v) is 5.15. The lowest BCUT2D eigenvalue weighted by Crippen LogP contribution is -2.37. The molecule has 0 amide bonds. The summed E-state index contributed by atoms with van der Waals surface area (Å²) in [7, 11) is 0. The van der Waals surface area contributed by atoms with Crippen molar-refractivity contribution in [1.82, 2.24) is 15.0 Å². The Kier molecular flexibility index (Phi) is 7.60. The molecule has 1 atom stereocenters. The van der Waals surface area contributed by atoms with E-state index in [0.29, 0.717) is 19.0 Å². The molecule has 7 nitrogen and oxygen atoms in total. The van der Waals surface area contributed by atoms with Gasteiger partial charge in [0.15, 0.2) is 4.90 Å². The van der Waals surface area contributed by atoms with Gasteiger partial charge in [0.25, 0.3) is 0 Å². The van der Waals surface area contributed by atoms with Gasteiger partial charge in [-0.3, -0.25) is 4.98 Å². The van der Waals surface area contributed by atoms with Gasteiger partial charge < -0.3 is 15.2 Å². The fraction of sp³-hybridized carbons (Fsp3) is 0.0952. The molecule has 0 radical (unpaired) electrons. The second-order valence-electron chi connectivity index (χ2n) is 5.87. The van der Waals surface area contributed by atoms with Crippen LogP contribution < -0.4 is 15.4 Å². The molecule has 1 aromatic heterocycles. The van der Waals surface area contributed by atoms with Crippen LogP contribution in [0.1, 0.15) is 0 Å². The molecule has 8 heteroatoms. The Morgan fingerprint density at radius 2 is 1.72 bits per heavy atom. The molecule has 0 bridgehead atoms. The maximum Gasteiger partial charge on any atom is 0.211 e. The Hall–Kier alpha value is -3.38. The van der Waals surface area contributed by atoms with Crippen molar-refractivity contribution in [3.63, 3.8) is 0 Å². The molecule has 0 aliphatic carbocycles. The predicted octanol–water partition coefficient (Wildman–Crippen LogP) is 2.90. The molecular formula is C21H20N6OS. The fourth-order valence-corrected chi connectivity index (χ4v) is 3.65. The second kappa shape index (κ2) is 10.8. The van der Waals surface area contributed by atoms with Crippen molar-refractivity contribution in [2.75, 3.05) is 18.4 Å². The van der Waals surface area contributed by atoms with Gasteiger partial charge in [0.1, 0.15) is 0 Å². The summed E-state index contributed by atoms with van der Waals surface area (Å²) in [5.74, 6) is 0.316. The number of hydrogen-bond donors (Lipinski definition) is 3. The molecule has 3 aromatic rings. The second-order valence-corrected chi connectivity index (χ2v) is 7.14. The minimum Gasteiger partial charge on any atom is -0.593 e. The zero-order chi connectivity index (χ0) is 20.3. The highest BCUT2D eigenvalue weighted by Crippen LogP contribution is 2.26. The van der Waals surface area contributed by atoms with Gasteiger partial charge in [0, 0.05) is 30.2 Å². The van der Waals surface area contributed by atoms with Gasteiger partial charge in [-0.05, 0) is 29.8 Å². The minimum absolute atomic E-state index is 0.316. The van der Waals surface area contributed by atoms with E-state index in [2.05, 4.69) is 25.3 Å². The van der Waals surface area contributed by atoms with E-state index in [-0.39, 0.29) is 0 Å². The van der Waals surface area contributed by atoms with Gasteiger partial charge >= 0.3 is 0 Å². The maximum absolute atomic E-state index is 12.8. The van der Waals surface area contributed by atoms with Gasteiger partial charge in [-0.2, -0.15) is 5.26 Å². The zero-order valence-corrected chi connectivity index (χ0v) is 16.4. The lowest BCUT2D eigenvalue weighted by atomic mass is 10.1. The first-order valence-electron chi connectivity index (χ1n) is 8.95. The van der Waals surface area contributed by atoms with Crippen LogP contribution in [-0.2, 0) is 11.4 Å². The summed E-state index contributed by atoms with van der Waals surface area (Å²) < 4.78 is 15.8. The molecule has 0 saturated heterocycles. The summed E-state index contributed by atoms with van der Waals surface area (Å²) in [6, 6.07) is 21.0. The van der Waals surface area contributed by atoms with E-state index in [1.807, 2.05) is 54.6 Å². The molecule has 3 N–H and O–H groups in total. The Morgan fingerprint density at radius 3 is 2.48 bits per heavy atom. The summed E-state index contributed by atoms with van der Waals surface area (Å²) in [5.41, 5.74) is 2.70. The molecule has 146 valence electrons.